The van der Waals surface area contributed by atoms with Crippen LogP contribution in [0, 0.1) is 18.3 Å². The van der Waals surface area contributed by atoms with Gasteiger partial charge in [0.25, 0.3) is 0 Å². The van der Waals surface area contributed by atoms with E-state index in [1.165, 1.54) is 7.11 Å². The number of carbonyl (C=O) groups is 1. The van der Waals surface area contributed by atoms with Gasteiger partial charge in [-0.05, 0) is 30.2 Å². The van der Waals surface area contributed by atoms with E-state index in [0.29, 0.717) is 11.3 Å². The second-order valence-corrected chi connectivity index (χ2v) is 3.23. The molecule has 1 aromatic rings. The number of methoxy groups -OCH3 is 1. The van der Waals surface area contributed by atoms with E-state index in [0.717, 1.165) is 11.1 Å². The zero-order valence-electron chi connectivity index (χ0n) is 8.70. The number of anilines is 1. The van der Waals surface area contributed by atoms with Gasteiger partial charge in [-0.1, -0.05) is 0 Å². The summed E-state index contributed by atoms with van der Waals surface area (Å²) < 4.78 is 4.56. The number of aryl methyl sites for hydroxylation is 1. The highest BCUT2D eigenvalue weighted by molar-refractivity contribution is 5.76. The molecule has 4 nitrogen and oxygen atoms in total. The molecular formula is C11H12N2O2. The average molecular weight is 204 g/mol. The minimum atomic E-state index is -0.338. The average Bonchev–Trinajstić information content (AvgIpc) is 2.22. The van der Waals surface area contributed by atoms with E-state index >= 15 is 0 Å². The molecule has 78 valence electrons. The number of rotatable bonds is 2. The summed E-state index contributed by atoms with van der Waals surface area (Å²) in [7, 11) is 1.33. The molecule has 1 aromatic carbocycles. The molecule has 0 saturated carbocycles. The molecule has 2 N–H and O–H groups in total. The SMILES string of the molecule is COC(=O)Cc1c(C)cc(C#N)cc1N. The Morgan fingerprint density at radius 2 is 2.27 bits per heavy atom. The molecular weight excluding hydrogens is 192 g/mol. The molecule has 0 bridgehead atoms. The number of ether oxygens (including phenoxy) is 1. The summed E-state index contributed by atoms with van der Waals surface area (Å²) in [6, 6.07) is 5.27. The highest BCUT2D eigenvalue weighted by Crippen LogP contribution is 2.19. The molecule has 4 heteroatoms. The van der Waals surface area contributed by atoms with Crippen molar-refractivity contribution in [1.29, 1.82) is 5.26 Å². The molecule has 0 heterocycles. The van der Waals surface area contributed by atoms with Crippen LogP contribution in [0.1, 0.15) is 16.7 Å². The molecule has 0 aliphatic rings. The van der Waals surface area contributed by atoms with Crippen molar-refractivity contribution in [1.82, 2.24) is 0 Å². The summed E-state index contributed by atoms with van der Waals surface area (Å²) in [5.74, 6) is -0.338. The summed E-state index contributed by atoms with van der Waals surface area (Å²) in [4.78, 5) is 11.1. The lowest BCUT2D eigenvalue weighted by Crippen LogP contribution is -2.08. The van der Waals surface area contributed by atoms with Gasteiger partial charge in [0.15, 0.2) is 0 Å². The van der Waals surface area contributed by atoms with Gasteiger partial charge in [0.1, 0.15) is 0 Å². The van der Waals surface area contributed by atoms with E-state index in [1.54, 1.807) is 12.1 Å². The van der Waals surface area contributed by atoms with Crippen LogP contribution in [0.5, 0.6) is 0 Å². The zero-order chi connectivity index (χ0) is 11.4. The molecule has 0 fully saturated rings. The van der Waals surface area contributed by atoms with Crippen LogP contribution in [-0.2, 0) is 16.0 Å². The van der Waals surface area contributed by atoms with Crippen LogP contribution in [0.15, 0.2) is 12.1 Å². The normalized spacial score (nSPS) is 9.40. The number of benzene rings is 1. The maximum Gasteiger partial charge on any atom is 0.310 e. The fraction of sp³-hybridized carbons (Fsp3) is 0.273. The van der Waals surface area contributed by atoms with Gasteiger partial charge in [-0.15, -0.1) is 0 Å². The van der Waals surface area contributed by atoms with E-state index in [1.807, 2.05) is 13.0 Å². The Bertz CT molecular complexity index is 410. The number of nitrogen functional groups attached to an aromatic ring is 1. The minimum Gasteiger partial charge on any atom is -0.469 e. The number of hydrogen-bond donors (Lipinski definition) is 1. The van der Waals surface area contributed by atoms with Crippen LogP contribution in [0.4, 0.5) is 5.69 Å². The van der Waals surface area contributed by atoms with Gasteiger partial charge in [-0.2, -0.15) is 5.26 Å². The smallest absolute Gasteiger partial charge is 0.310 e. The number of nitrogens with zero attached hydrogens (tertiary/aromatic N) is 1. The van der Waals surface area contributed by atoms with Crippen molar-refractivity contribution in [2.45, 2.75) is 13.3 Å². The van der Waals surface area contributed by atoms with Gasteiger partial charge < -0.3 is 10.5 Å². The molecule has 0 aliphatic heterocycles. The quantitative estimate of drug-likeness (QED) is 0.579. The number of carbonyl (C=O) groups excluding carboxylic acids is 1. The molecule has 0 atom stereocenters. The summed E-state index contributed by atoms with van der Waals surface area (Å²) in [6.45, 7) is 1.81. The van der Waals surface area contributed by atoms with E-state index in [2.05, 4.69) is 4.74 Å². The van der Waals surface area contributed by atoms with E-state index in [-0.39, 0.29) is 12.4 Å². The number of nitriles is 1. The van der Waals surface area contributed by atoms with Crippen molar-refractivity contribution < 1.29 is 9.53 Å². The highest BCUT2D eigenvalue weighted by Gasteiger charge is 2.10. The Balaban J connectivity index is 3.10. The topological polar surface area (TPSA) is 76.1 Å². The number of esters is 1. The first-order valence-electron chi connectivity index (χ1n) is 4.44. The first-order valence-corrected chi connectivity index (χ1v) is 4.44. The fourth-order valence-electron chi connectivity index (χ4n) is 1.37. The van der Waals surface area contributed by atoms with Crippen molar-refractivity contribution in [3.05, 3.63) is 28.8 Å². The zero-order valence-corrected chi connectivity index (χ0v) is 8.70. The third-order valence-corrected chi connectivity index (χ3v) is 2.19. The lowest BCUT2D eigenvalue weighted by Gasteiger charge is -2.08. The summed E-state index contributed by atoms with van der Waals surface area (Å²) >= 11 is 0. The first kappa shape index (κ1) is 11.1. The van der Waals surface area contributed by atoms with Crippen LogP contribution in [-0.4, -0.2) is 13.1 Å². The predicted octanol–water partition coefficient (Wildman–Crippen LogP) is 1.16. The third-order valence-electron chi connectivity index (χ3n) is 2.19. The Morgan fingerprint density at radius 1 is 1.60 bits per heavy atom. The van der Waals surface area contributed by atoms with E-state index in [9.17, 15) is 4.79 Å². The molecule has 15 heavy (non-hydrogen) atoms. The number of hydrogen-bond acceptors (Lipinski definition) is 4. The van der Waals surface area contributed by atoms with Gasteiger partial charge in [-0.25, -0.2) is 0 Å². The summed E-state index contributed by atoms with van der Waals surface area (Å²) in [6.07, 6.45) is 0.139. The largest absolute Gasteiger partial charge is 0.469 e. The summed E-state index contributed by atoms with van der Waals surface area (Å²) in [5.41, 5.74) is 8.25. The summed E-state index contributed by atoms with van der Waals surface area (Å²) in [5, 5.41) is 8.71. The van der Waals surface area contributed by atoms with Crippen molar-refractivity contribution in [3.8, 4) is 6.07 Å². The van der Waals surface area contributed by atoms with Gasteiger partial charge in [0.2, 0.25) is 0 Å². The van der Waals surface area contributed by atoms with Gasteiger partial charge >= 0.3 is 5.97 Å². The molecule has 0 saturated heterocycles. The Hall–Kier alpha value is -2.02. The molecule has 0 spiro atoms. The van der Waals surface area contributed by atoms with Gasteiger partial charge in [-0.3, -0.25) is 4.79 Å². The fourth-order valence-corrected chi connectivity index (χ4v) is 1.37. The van der Waals surface area contributed by atoms with Gasteiger partial charge in [0.05, 0.1) is 25.2 Å². The second kappa shape index (κ2) is 4.47. The lowest BCUT2D eigenvalue weighted by atomic mass is 10.0. The van der Waals surface area contributed by atoms with Crippen LogP contribution in [0.2, 0.25) is 0 Å². The first-order chi connectivity index (χ1) is 7.08. The number of nitrogens with two attached hydrogens (primary N) is 1. The molecule has 0 unspecified atom stereocenters. The van der Waals surface area contributed by atoms with Crippen molar-refractivity contribution in [2.75, 3.05) is 12.8 Å². The molecule has 1 rings (SSSR count). The second-order valence-electron chi connectivity index (χ2n) is 3.23. The predicted molar refractivity (Wildman–Crippen MR) is 56.0 cm³/mol. The van der Waals surface area contributed by atoms with Crippen LogP contribution >= 0.6 is 0 Å². The lowest BCUT2D eigenvalue weighted by molar-refractivity contribution is -0.139. The third kappa shape index (κ3) is 2.47. The minimum absolute atomic E-state index is 0.139. The maximum atomic E-state index is 11.1. The van der Waals surface area contributed by atoms with Crippen molar-refractivity contribution >= 4 is 11.7 Å². The highest BCUT2D eigenvalue weighted by atomic mass is 16.5. The van der Waals surface area contributed by atoms with Crippen LogP contribution < -0.4 is 5.73 Å². The van der Waals surface area contributed by atoms with E-state index in [4.69, 9.17) is 11.0 Å². The Labute approximate surface area is 88.3 Å². The standard InChI is InChI=1S/C11H12N2O2/c1-7-3-8(6-12)4-10(13)9(7)5-11(14)15-2/h3-4H,5,13H2,1-2H3. The molecule has 0 aromatic heterocycles. The molecule has 0 aliphatic carbocycles. The monoisotopic (exact) mass is 204 g/mol. The van der Waals surface area contributed by atoms with Crippen molar-refractivity contribution in [2.24, 2.45) is 0 Å². The van der Waals surface area contributed by atoms with Crippen LogP contribution in [0.25, 0.3) is 0 Å². The Kier molecular flexibility index (Phi) is 3.29. The van der Waals surface area contributed by atoms with Crippen LogP contribution in [0.3, 0.4) is 0 Å². The Morgan fingerprint density at radius 3 is 2.73 bits per heavy atom. The van der Waals surface area contributed by atoms with E-state index < -0.39 is 0 Å². The van der Waals surface area contributed by atoms with Crippen molar-refractivity contribution in [3.63, 3.8) is 0 Å². The molecule has 0 amide bonds. The maximum absolute atomic E-state index is 11.1. The van der Waals surface area contributed by atoms with Gasteiger partial charge in [0, 0.05) is 5.69 Å². The molecule has 0 radical (unpaired) electrons.